The second kappa shape index (κ2) is 7.31. The van der Waals surface area contributed by atoms with Crippen molar-refractivity contribution in [1.29, 1.82) is 0 Å². The second-order valence-electron chi connectivity index (χ2n) is 5.63. The largest absolute Gasteiger partial charge is 0.497 e. The Morgan fingerprint density at radius 3 is 2.13 bits per heavy atom. The predicted molar refractivity (Wildman–Crippen MR) is 94.9 cm³/mol. The fraction of sp³-hybridized carbons (Fsp3) is 0.333. The molecule has 0 N–H and O–H groups in total. The minimum Gasteiger partial charge on any atom is -0.497 e. The summed E-state index contributed by atoms with van der Waals surface area (Å²) in [7, 11) is 1.65. The summed E-state index contributed by atoms with van der Waals surface area (Å²) < 4.78 is 11.5. The molecule has 23 heavy (non-hydrogen) atoms. The van der Waals surface area contributed by atoms with Crippen LogP contribution in [0.2, 0.25) is 10.0 Å². The highest BCUT2D eigenvalue weighted by Gasteiger charge is 2.30. The van der Waals surface area contributed by atoms with Crippen LogP contribution < -0.4 is 4.74 Å². The third kappa shape index (κ3) is 3.95. The normalized spacial score (nSPS) is 24.4. The van der Waals surface area contributed by atoms with Crippen LogP contribution in [0.15, 0.2) is 42.5 Å². The molecule has 0 aliphatic carbocycles. The third-order valence-electron chi connectivity index (χ3n) is 4.07. The Bertz CT molecular complexity index is 672. The monoisotopic (exact) mass is 370 g/mol. The van der Waals surface area contributed by atoms with Gasteiger partial charge in [-0.2, -0.15) is 0 Å². The van der Waals surface area contributed by atoms with Crippen molar-refractivity contribution in [2.45, 2.75) is 30.4 Å². The number of hydrogen-bond donors (Lipinski definition) is 0. The SMILES string of the molecule is COc1ccc(C2CC(Cl)CC(c3ccc(Cl)c(Cl)c3)O2)cc1. The van der Waals surface area contributed by atoms with Crippen molar-refractivity contribution < 1.29 is 9.47 Å². The van der Waals surface area contributed by atoms with Gasteiger partial charge in [-0.25, -0.2) is 0 Å². The van der Waals surface area contributed by atoms with Gasteiger partial charge >= 0.3 is 0 Å². The number of rotatable bonds is 3. The van der Waals surface area contributed by atoms with Crippen molar-refractivity contribution in [1.82, 2.24) is 0 Å². The van der Waals surface area contributed by atoms with Crippen LogP contribution in [0.3, 0.4) is 0 Å². The summed E-state index contributed by atoms with van der Waals surface area (Å²) in [5, 5.41) is 1.13. The van der Waals surface area contributed by atoms with Gasteiger partial charge in [0.1, 0.15) is 5.75 Å². The molecular formula is C18H17Cl3O2. The molecule has 122 valence electrons. The predicted octanol–water partition coefficient (Wildman–Crippen LogP) is 6.20. The molecule has 2 aromatic rings. The first-order valence-electron chi connectivity index (χ1n) is 7.45. The van der Waals surface area contributed by atoms with Crippen molar-refractivity contribution >= 4 is 34.8 Å². The quantitative estimate of drug-likeness (QED) is 0.598. The van der Waals surface area contributed by atoms with Crippen LogP contribution in [0.1, 0.15) is 36.2 Å². The lowest BCUT2D eigenvalue weighted by atomic mass is 9.94. The fourth-order valence-electron chi connectivity index (χ4n) is 2.83. The van der Waals surface area contributed by atoms with Crippen LogP contribution in [-0.2, 0) is 4.74 Å². The molecule has 3 atom stereocenters. The van der Waals surface area contributed by atoms with E-state index in [4.69, 9.17) is 44.3 Å². The zero-order chi connectivity index (χ0) is 16.4. The summed E-state index contributed by atoms with van der Waals surface area (Å²) in [5.74, 6) is 0.827. The number of halogens is 3. The van der Waals surface area contributed by atoms with E-state index in [0.717, 1.165) is 29.7 Å². The molecule has 1 fully saturated rings. The van der Waals surface area contributed by atoms with E-state index < -0.39 is 0 Å². The smallest absolute Gasteiger partial charge is 0.118 e. The maximum absolute atomic E-state index is 6.47. The van der Waals surface area contributed by atoms with Crippen LogP contribution >= 0.6 is 34.8 Å². The second-order valence-corrected chi connectivity index (χ2v) is 7.06. The first-order chi connectivity index (χ1) is 11.1. The Balaban J connectivity index is 1.81. The third-order valence-corrected chi connectivity index (χ3v) is 5.17. The number of hydrogen-bond acceptors (Lipinski definition) is 2. The first-order valence-corrected chi connectivity index (χ1v) is 8.64. The van der Waals surface area contributed by atoms with Gasteiger partial charge in [-0.3, -0.25) is 0 Å². The van der Waals surface area contributed by atoms with Crippen LogP contribution in [-0.4, -0.2) is 12.5 Å². The van der Waals surface area contributed by atoms with E-state index in [1.165, 1.54) is 0 Å². The zero-order valence-corrected chi connectivity index (χ0v) is 14.9. The molecule has 3 unspecified atom stereocenters. The van der Waals surface area contributed by atoms with Gasteiger partial charge in [0.05, 0.1) is 29.4 Å². The van der Waals surface area contributed by atoms with E-state index in [1.54, 1.807) is 13.2 Å². The molecule has 5 heteroatoms. The van der Waals surface area contributed by atoms with Gasteiger partial charge in [0.15, 0.2) is 0 Å². The molecule has 0 bridgehead atoms. The average Bonchev–Trinajstić information content (AvgIpc) is 2.57. The summed E-state index contributed by atoms with van der Waals surface area (Å²) in [6, 6.07) is 13.5. The van der Waals surface area contributed by atoms with E-state index in [1.807, 2.05) is 36.4 Å². The number of alkyl halides is 1. The molecule has 1 aliphatic rings. The lowest BCUT2D eigenvalue weighted by Crippen LogP contribution is -2.23. The Labute approximate surface area is 151 Å². The molecule has 0 spiro atoms. The van der Waals surface area contributed by atoms with Gasteiger partial charge in [0.25, 0.3) is 0 Å². The summed E-state index contributed by atoms with van der Waals surface area (Å²) in [4.78, 5) is 0. The molecule has 1 aliphatic heterocycles. The van der Waals surface area contributed by atoms with E-state index in [2.05, 4.69) is 0 Å². The van der Waals surface area contributed by atoms with Gasteiger partial charge in [0, 0.05) is 5.38 Å². The highest BCUT2D eigenvalue weighted by molar-refractivity contribution is 6.42. The van der Waals surface area contributed by atoms with Crippen molar-refractivity contribution in [2.24, 2.45) is 0 Å². The lowest BCUT2D eigenvalue weighted by Gasteiger charge is -2.33. The van der Waals surface area contributed by atoms with Gasteiger partial charge in [-0.05, 0) is 48.2 Å². The number of ether oxygens (including phenoxy) is 2. The summed E-state index contributed by atoms with van der Waals surface area (Å²) in [5.41, 5.74) is 2.10. The van der Waals surface area contributed by atoms with E-state index in [9.17, 15) is 0 Å². The summed E-state index contributed by atoms with van der Waals surface area (Å²) >= 11 is 18.6. The maximum Gasteiger partial charge on any atom is 0.118 e. The Kier molecular flexibility index (Phi) is 5.38. The number of benzene rings is 2. The Morgan fingerprint density at radius 2 is 1.52 bits per heavy atom. The standard InChI is InChI=1S/C18H17Cl3O2/c1-22-14-5-2-11(3-6-14)17-9-13(19)10-18(23-17)12-4-7-15(20)16(21)8-12/h2-8,13,17-18H,9-10H2,1H3. The van der Waals surface area contributed by atoms with Crippen molar-refractivity contribution in [2.75, 3.05) is 7.11 Å². The number of methoxy groups -OCH3 is 1. The molecule has 0 aromatic heterocycles. The molecule has 1 heterocycles. The average molecular weight is 372 g/mol. The van der Waals surface area contributed by atoms with Gasteiger partial charge in [0.2, 0.25) is 0 Å². The summed E-state index contributed by atoms with van der Waals surface area (Å²) in [6.45, 7) is 0. The molecule has 0 radical (unpaired) electrons. The van der Waals surface area contributed by atoms with E-state index in [-0.39, 0.29) is 17.6 Å². The fourth-order valence-corrected chi connectivity index (χ4v) is 3.46. The first kappa shape index (κ1) is 16.9. The van der Waals surface area contributed by atoms with Gasteiger partial charge in [-0.15, -0.1) is 11.6 Å². The van der Waals surface area contributed by atoms with Crippen molar-refractivity contribution in [3.05, 3.63) is 63.6 Å². The molecule has 1 saturated heterocycles. The molecule has 2 nitrogen and oxygen atoms in total. The van der Waals surface area contributed by atoms with Crippen LogP contribution in [0.4, 0.5) is 0 Å². The summed E-state index contributed by atoms with van der Waals surface area (Å²) in [6.07, 6.45) is 1.41. The van der Waals surface area contributed by atoms with Crippen molar-refractivity contribution in [3.63, 3.8) is 0 Å². The lowest BCUT2D eigenvalue weighted by molar-refractivity contribution is -0.0516. The Morgan fingerprint density at radius 1 is 0.913 bits per heavy atom. The van der Waals surface area contributed by atoms with E-state index in [0.29, 0.717) is 10.0 Å². The van der Waals surface area contributed by atoms with Crippen LogP contribution in [0.25, 0.3) is 0 Å². The minimum atomic E-state index is -0.0897. The highest BCUT2D eigenvalue weighted by atomic mass is 35.5. The van der Waals surface area contributed by atoms with E-state index >= 15 is 0 Å². The maximum atomic E-state index is 6.47. The van der Waals surface area contributed by atoms with Crippen molar-refractivity contribution in [3.8, 4) is 5.75 Å². The molecule has 3 rings (SSSR count). The highest BCUT2D eigenvalue weighted by Crippen LogP contribution is 2.42. The Hall–Kier alpha value is -0.930. The molecular weight excluding hydrogens is 355 g/mol. The molecule has 0 amide bonds. The van der Waals surface area contributed by atoms with Crippen LogP contribution in [0.5, 0.6) is 5.75 Å². The zero-order valence-electron chi connectivity index (χ0n) is 12.6. The van der Waals surface area contributed by atoms with Gasteiger partial charge in [-0.1, -0.05) is 41.4 Å². The minimum absolute atomic E-state index is 0.0448. The molecule has 2 aromatic carbocycles. The topological polar surface area (TPSA) is 18.5 Å². The van der Waals surface area contributed by atoms with Crippen LogP contribution in [0, 0.1) is 0 Å². The van der Waals surface area contributed by atoms with Gasteiger partial charge < -0.3 is 9.47 Å². The molecule has 0 saturated carbocycles.